The fourth-order valence-corrected chi connectivity index (χ4v) is 5.59. The molecule has 0 radical (unpaired) electrons. The monoisotopic (exact) mass is 457 g/mol. The molecule has 2 aliphatic rings. The molecule has 0 spiro atoms. The molecule has 2 aromatic rings. The molecule has 0 N–H and O–H groups in total. The van der Waals surface area contributed by atoms with Crippen molar-refractivity contribution in [1.29, 1.82) is 0 Å². The number of nitrogens with zero attached hydrogens (tertiary/aromatic N) is 5. The highest BCUT2D eigenvalue weighted by Gasteiger charge is 2.28. The van der Waals surface area contributed by atoms with Gasteiger partial charge in [-0.1, -0.05) is 17.8 Å². The van der Waals surface area contributed by atoms with Crippen LogP contribution < -0.4 is 0 Å². The lowest BCUT2D eigenvalue weighted by Gasteiger charge is -2.39. The third-order valence-electron chi connectivity index (χ3n) is 6.59. The minimum Gasteiger partial charge on any atom is -0.373 e. The average molecular weight is 458 g/mol. The van der Waals surface area contributed by atoms with Gasteiger partial charge in [-0.25, -0.2) is 0 Å². The summed E-state index contributed by atoms with van der Waals surface area (Å²) in [6.07, 6.45) is 4.49. The smallest absolute Gasteiger partial charge is 0.233 e. The molecule has 1 aromatic carbocycles. The number of likely N-dealkylation sites (tertiary alicyclic amines) is 1. The first-order valence-corrected chi connectivity index (χ1v) is 12.6. The highest BCUT2D eigenvalue weighted by Crippen LogP contribution is 2.24. The summed E-state index contributed by atoms with van der Waals surface area (Å²) in [4.78, 5) is 17.4. The molecule has 7 nitrogen and oxygen atoms in total. The SMILES string of the molecule is Cc1ccc(-n2cnnc2SCC(=O)N2CCC(CN3CC(C)OC(C)C3)CC2)cc1C. The highest BCUT2D eigenvalue weighted by molar-refractivity contribution is 7.99. The second-order valence-electron chi connectivity index (χ2n) is 9.34. The van der Waals surface area contributed by atoms with Gasteiger partial charge >= 0.3 is 0 Å². The average Bonchev–Trinajstić information content (AvgIpc) is 3.22. The lowest BCUT2D eigenvalue weighted by atomic mass is 9.95. The van der Waals surface area contributed by atoms with E-state index in [1.807, 2.05) is 9.47 Å². The van der Waals surface area contributed by atoms with E-state index in [9.17, 15) is 4.79 Å². The molecule has 8 heteroatoms. The summed E-state index contributed by atoms with van der Waals surface area (Å²) in [5, 5.41) is 9.07. The van der Waals surface area contributed by atoms with Gasteiger partial charge in [-0.05, 0) is 69.7 Å². The number of amides is 1. The van der Waals surface area contributed by atoms with Crippen LogP contribution in [0, 0.1) is 19.8 Å². The van der Waals surface area contributed by atoms with Gasteiger partial charge in [-0.2, -0.15) is 0 Å². The van der Waals surface area contributed by atoms with Gasteiger partial charge in [-0.3, -0.25) is 14.3 Å². The number of piperidine rings is 1. The van der Waals surface area contributed by atoms with Crippen molar-refractivity contribution in [1.82, 2.24) is 24.6 Å². The van der Waals surface area contributed by atoms with Crippen LogP contribution in [0.25, 0.3) is 5.69 Å². The number of hydrogen-bond donors (Lipinski definition) is 0. The molecular weight excluding hydrogens is 422 g/mol. The molecule has 3 heterocycles. The number of thioether (sulfide) groups is 1. The van der Waals surface area contributed by atoms with Crippen molar-refractivity contribution < 1.29 is 9.53 Å². The molecular formula is C24H35N5O2S. The molecule has 0 aliphatic carbocycles. The van der Waals surface area contributed by atoms with Gasteiger partial charge in [0, 0.05) is 38.4 Å². The number of benzene rings is 1. The Hall–Kier alpha value is -1.90. The molecule has 4 rings (SSSR count). The van der Waals surface area contributed by atoms with Crippen molar-refractivity contribution in [3.05, 3.63) is 35.7 Å². The second kappa shape index (κ2) is 10.4. The Balaban J connectivity index is 1.26. The third-order valence-corrected chi connectivity index (χ3v) is 7.52. The Morgan fingerprint density at radius 2 is 1.84 bits per heavy atom. The van der Waals surface area contributed by atoms with Crippen LogP contribution in [-0.4, -0.2) is 81.2 Å². The minimum atomic E-state index is 0.191. The first-order chi connectivity index (χ1) is 15.4. The molecule has 2 unspecified atom stereocenters. The summed E-state index contributed by atoms with van der Waals surface area (Å²) < 4.78 is 7.81. The van der Waals surface area contributed by atoms with Crippen molar-refractivity contribution in [2.45, 2.75) is 57.9 Å². The van der Waals surface area contributed by atoms with E-state index in [-0.39, 0.29) is 5.91 Å². The van der Waals surface area contributed by atoms with Crippen LogP contribution in [0.4, 0.5) is 0 Å². The van der Waals surface area contributed by atoms with E-state index in [4.69, 9.17) is 4.74 Å². The fraction of sp³-hybridized carbons (Fsp3) is 0.625. The van der Waals surface area contributed by atoms with E-state index in [1.165, 1.54) is 22.9 Å². The largest absolute Gasteiger partial charge is 0.373 e. The number of hydrogen-bond acceptors (Lipinski definition) is 6. The number of aromatic nitrogens is 3. The standard InChI is InChI=1S/C24H35N5O2S/c1-17-5-6-22(11-18(17)2)29-16-25-26-24(29)32-15-23(30)28-9-7-21(8-10-28)14-27-12-19(3)31-20(4)13-27/h5-6,11,16,19-21H,7-10,12-15H2,1-4H3. The van der Waals surface area contributed by atoms with Crippen molar-refractivity contribution in [2.75, 3.05) is 38.5 Å². The van der Waals surface area contributed by atoms with Gasteiger partial charge in [0.15, 0.2) is 5.16 Å². The predicted octanol–water partition coefficient (Wildman–Crippen LogP) is 3.32. The number of carbonyl (C=O) groups excluding carboxylic acids is 1. The molecule has 2 atom stereocenters. The summed E-state index contributed by atoms with van der Waals surface area (Å²) in [5.74, 6) is 1.25. The van der Waals surface area contributed by atoms with Crippen LogP contribution >= 0.6 is 11.8 Å². The Kier molecular flexibility index (Phi) is 7.53. The van der Waals surface area contributed by atoms with Crippen molar-refractivity contribution in [3.63, 3.8) is 0 Å². The first kappa shape index (κ1) is 23.3. The topological polar surface area (TPSA) is 63.5 Å². The Morgan fingerprint density at radius 1 is 1.12 bits per heavy atom. The van der Waals surface area contributed by atoms with E-state index in [0.29, 0.717) is 23.9 Å². The summed E-state index contributed by atoms with van der Waals surface area (Å²) >= 11 is 1.47. The minimum absolute atomic E-state index is 0.191. The summed E-state index contributed by atoms with van der Waals surface area (Å²) in [6.45, 7) is 13.4. The summed E-state index contributed by atoms with van der Waals surface area (Å²) in [6, 6.07) is 6.30. The third kappa shape index (κ3) is 5.71. The number of morpholine rings is 1. The molecule has 0 saturated carbocycles. The molecule has 2 fully saturated rings. The molecule has 2 saturated heterocycles. The molecule has 2 aliphatic heterocycles. The fourth-order valence-electron chi connectivity index (χ4n) is 4.76. The maximum atomic E-state index is 12.8. The number of aryl methyl sites for hydroxylation is 2. The van der Waals surface area contributed by atoms with Crippen molar-refractivity contribution in [2.24, 2.45) is 5.92 Å². The summed E-state index contributed by atoms with van der Waals surface area (Å²) in [5.41, 5.74) is 3.51. The van der Waals surface area contributed by atoms with Gasteiger partial charge < -0.3 is 9.64 Å². The van der Waals surface area contributed by atoms with Gasteiger partial charge in [0.25, 0.3) is 0 Å². The quantitative estimate of drug-likeness (QED) is 0.620. The molecule has 174 valence electrons. The van der Waals surface area contributed by atoms with Crippen LogP contribution in [-0.2, 0) is 9.53 Å². The number of rotatable bonds is 6. The Morgan fingerprint density at radius 3 is 2.53 bits per heavy atom. The van der Waals surface area contributed by atoms with Gasteiger partial charge in [0.1, 0.15) is 6.33 Å². The van der Waals surface area contributed by atoms with Gasteiger partial charge in [0.2, 0.25) is 5.91 Å². The van der Waals surface area contributed by atoms with Crippen LogP contribution in [0.15, 0.2) is 29.7 Å². The molecule has 0 bridgehead atoms. The maximum Gasteiger partial charge on any atom is 0.233 e. The van der Waals surface area contributed by atoms with Crippen molar-refractivity contribution >= 4 is 17.7 Å². The normalized spacial score (nSPS) is 22.9. The van der Waals surface area contributed by atoms with E-state index in [0.717, 1.165) is 56.4 Å². The van der Waals surface area contributed by atoms with Crippen LogP contribution in [0.1, 0.15) is 37.8 Å². The lowest BCUT2D eigenvalue weighted by molar-refractivity contribution is -0.130. The van der Waals surface area contributed by atoms with Crippen molar-refractivity contribution in [3.8, 4) is 5.69 Å². The predicted molar refractivity (Wildman–Crippen MR) is 127 cm³/mol. The number of carbonyl (C=O) groups is 1. The van der Waals surface area contributed by atoms with Crippen LogP contribution in [0.5, 0.6) is 0 Å². The summed E-state index contributed by atoms with van der Waals surface area (Å²) in [7, 11) is 0. The second-order valence-corrected chi connectivity index (χ2v) is 10.3. The van der Waals surface area contributed by atoms with Gasteiger partial charge in [0.05, 0.1) is 18.0 Å². The van der Waals surface area contributed by atoms with Crippen LogP contribution in [0.2, 0.25) is 0 Å². The Labute approximate surface area is 195 Å². The number of ether oxygens (including phenoxy) is 1. The molecule has 1 aromatic heterocycles. The zero-order valence-corrected chi connectivity index (χ0v) is 20.5. The molecule has 1 amide bonds. The first-order valence-electron chi connectivity index (χ1n) is 11.6. The van der Waals surface area contributed by atoms with E-state index in [2.05, 4.69) is 61.0 Å². The Bertz CT molecular complexity index is 915. The maximum absolute atomic E-state index is 12.8. The zero-order chi connectivity index (χ0) is 22.7. The van der Waals surface area contributed by atoms with Crippen LogP contribution in [0.3, 0.4) is 0 Å². The highest BCUT2D eigenvalue weighted by atomic mass is 32.2. The zero-order valence-electron chi connectivity index (χ0n) is 19.7. The van der Waals surface area contributed by atoms with E-state index in [1.54, 1.807) is 6.33 Å². The van der Waals surface area contributed by atoms with Gasteiger partial charge in [-0.15, -0.1) is 10.2 Å². The lowest BCUT2D eigenvalue weighted by Crippen LogP contribution is -2.48. The van der Waals surface area contributed by atoms with E-state index >= 15 is 0 Å². The van der Waals surface area contributed by atoms with E-state index < -0.39 is 0 Å². The molecule has 32 heavy (non-hydrogen) atoms.